The minimum Gasteiger partial charge on any atom is -0.486 e. The van der Waals surface area contributed by atoms with E-state index >= 15 is 0 Å². The van der Waals surface area contributed by atoms with Crippen LogP contribution < -0.4 is 9.64 Å². The molecule has 0 bridgehead atoms. The van der Waals surface area contributed by atoms with Gasteiger partial charge in [0.2, 0.25) is 5.95 Å². The Morgan fingerprint density at radius 2 is 1.86 bits per heavy atom. The van der Waals surface area contributed by atoms with E-state index in [2.05, 4.69) is 9.97 Å². The Hall–Kier alpha value is -2.71. The molecular formula is C20H28FN3O5. The van der Waals surface area contributed by atoms with Crippen LogP contribution in [0, 0.1) is 5.92 Å². The second-order valence-corrected chi connectivity index (χ2v) is 7.96. The van der Waals surface area contributed by atoms with Crippen molar-refractivity contribution in [1.82, 2.24) is 9.97 Å². The van der Waals surface area contributed by atoms with Crippen molar-refractivity contribution in [3.63, 3.8) is 0 Å². The van der Waals surface area contributed by atoms with Crippen LogP contribution in [-0.2, 0) is 14.3 Å². The maximum absolute atomic E-state index is 13.1. The third kappa shape index (κ3) is 7.67. The third-order valence-corrected chi connectivity index (χ3v) is 4.39. The molecule has 1 fully saturated rings. The van der Waals surface area contributed by atoms with E-state index in [0.717, 1.165) is 0 Å². The summed E-state index contributed by atoms with van der Waals surface area (Å²) in [6.45, 7) is 6.47. The number of aliphatic carboxylic acids is 1. The van der Waals surface area contributed by atoms with Gasteiger partial charge >= 0.3 is 11.9 Å². The molecule has 0 saturated carbocycles. The molecule has 1 aromatic heterocycles. The number of carboxylic acid groups (broad SMARTS) is 1. The van der Waals surface area contributed by atoms with E-state index in [1.807, 2.05) is 4.90 Å². The first-order valence-corrected chi connectivity index (χ1v) is 9.60. The summed E-state index contributed by atoms with van der Waals surface area (Å²) in [6.07, 6.45) is 4.80. The first-order chi connectivity index (χ1) is 13.7. The molecule has 0 atom stereocenters. The number of piperidine rings is 1. The van der Waals surface area contributed by atoms with Gasteiger partial charge in [0.1, 0.15) is 12.2 Å². The van der Waals surface area contributed by atoms with Crippen molar-refractivity contribution in [3.05, 3.63) is 24.3 Å². The second-order valence-electron chi connectivity index (χ2n) is 7.96. The number of hydrogen-bond acceptors (Lipinski definition) is 7. The van der Waals surface area contributed by atoms with Gasteiger partial charge in [-0.2, -0.15) is 0 Å². The number of hydrogen-bond donors (Lipinski definition) is 1. The monoisotopic (exact) mass is 409 g/mol. The lowest BCUT2D eigenvalue weighted by molar-refractivity contribution is -0.154. The number of esters is 1. The average molecular weight is 409 g/mol. The molecule has 8 nitrogen and oxygen atoms in total. The largest absolute Gasteiger partial charge is 0.486 e. The van der Waals surface area contributed by atoms with Crippen molar-refractivity contribution >= 4 is 17.9 Å². The van der Waals surface area contributed by atoms with E-state index in [0.29, 0.717) is 49.5 Å². The maximum atomic E-state index is 13.1. The maximum Gasteiger partial charge on any atom is 0.306 e. The number of halogens is 1. The third-order valence-electron chi connectivity index (χ3n) is 4.39. The predicted octanol–water partition coefficient (Wildman–Crippen LogP) is 3.13. The lowest BCUT2D eigenvalue weighted by Gasteiger charge is -2.29. The minimum absolute atomic E-state index is 0.0218. The molecular weight excluding hydrogens is 381 g/mol. The van der Waals surface area contributed by atoms with Crippen molar-refractivity contribution in [2.24, 2.45) is 5.92 Å². The van der Waals surface area contributed by atoms with Crippen LogP contribution in [0.15, 0.2) is 24.3 Å². The molecule has 1 aliphatic rings. The molecule has 1 aliphatic heterocycles. The van der Waals surface area contributed by atoms with Crippen molar-refractivity contribution in [2.45, 2.75) is 52.1 Å². The summed E-state index contributed by atoms with van der Waals surface area (Å²) < 4.78 is 23.8. The van der Waals surface area contributed by atoms with E-state index in [1.54, 1.807) is 20.8 Å². The zero-order valence-electron chi connectivity index (χ0n) is 17.1. The first kappa shape index (κ1) is 22.6. The van der Waals surface area contributed by atoms with Crippen LogP contribution in [0.4, 0.5) is 10.3 Å². The van der Waals surface area contributed by atoms with E-state index in [-0.39, 0.29) is 25.4 Å². The quantitative estimate of drug-likeness (QED) is 0.654. The van der Waals surface area contributed by atoms with E-state index in [4.69, 9.17) is 14.6 Å². The van der Waals surface area contributed by atoms with Gasteiger partial charge < -0.3 is 19.5 Å². The fraction of sp³-hybridized carbons (Fsp3) is 0.600. The normalized spacial score (nSPS) is 15.9. The van der Waals surface area contributed by atoms with Gasteiger partial charge in [-0.15, -0.1) is 0 Å². The van der Waals surface area contributed by atoms with Gasteiger partial charge in [0.15, 0.2) is 5.75 Å². The topological polar surface area (TPSA) is 102 Å². The number of ether oxygens (including phenoxy) is 2. The Morgan fingerprint density at radius 3 is 2.38 bits per heavy atom. The highest BCUT2D eigenvalue weighted by Crippen LogP contribution is 2.22. The van der Waals surface area contributed by atoms with Gasteiger partial charge in [0.05, 0.1) is 24.6 Å². The summed E-state index contributed by atoms with van der Waals surface area (Å²) in [4.78, 5) is 33.2. The zero-order valence-corrected chi connectivity index (χ0v) is 17.1. The summed E-state index contributed by atoms with van der Waals surface area (Å²) in [6, 6.07) is 0. The van der Waals surface area contributed by atoms with Crippen LogP contribution in [0.3, 0.4) is 0 Å². The Morgan fingerprint density at radius 1 is 1.24 bits per heavy atom. The summed E-state index contributed by atoms with van der Waals surface area (Å²) in [5.41, 5.74) is -0.245. The van der Waals surface area contributed by atoms with Crippen molar-refractivity contribution in [2.75, 3.05) is 24.6 Å². The number of aromatic nitrogens is 2. The Bertz CT molecular complexity index is 723. The SMILES string of the molecule is CC(C)(C)OC(=O)CC/C(=C\F)COc1cnc(N2CCC(C(=O)O)CC2)nc1. The molecule has 0 spiro atoms. The number of anilines is 1. The summed E-state index contributed by atoms with van der Waals surface area (Å²) in [7, 11) is 0. The molecule has 1 saturated heterocycles. The average Bonchev–Trinajstić information content (AvgIpc) is 2.67. The molecule has 0 amide bonds. The Balaban J connectivity index is 1.79. The summed E-state index contributed by atoms with van der Waals surface area (Å²) in [5, 5.41) is 9.05. The Kier molecular flexibility index (Phi) is 7.92. The van der Waals surface area contributed by atoms with E-state index < -0.39 is 17.5 Å². The Labute approximate surface area is 169 Å². The minimum atomic E-state index is -0.766. The van der Waals surface area contributed by atoms with Crippen LogP contribution in [-0.4, -0.2) is 52.3 Å². The molecule has 0 radical (unpaired) electrons. The molecule has 0 aliphatic carbocycles. The number of rotatable bonds is 8. The number of carboxylic acids is 1. The fourth-order valence-corrected chi connectivity index (χ4v) is 2.86. The molecule has 2 rings (SSSR count). The van der Waals surface area contributed by atoms with E-state index in [9.17, 15) is 14.0 Å². The molecule has 1 N–H and O–H groups in total. The standard InChI is InChI=1S/C20H28FN3O5/c1-20(2,3)29-17(25)5-4-14(10-21)13-28-16-11-22-19(23-12-16)24-8-6-15(7-9-24)18(26)27/h10-12,15H,4-9,13H2,1-3H3,(H,26,27)/b14-10+. The van der Waals surface area contributed by atoms with Gasteiger partial charge in [-0.25, -0.2) is 14.4 Å². The van der Waals surface area contributed by atoms with Gasteiger partial charge in [-0.3, -0.25) is 9.59 Å². The van der Waals surface area contributed by atoms with E-state index in [1.165, 1.54) is 12.4 Å². The number of carbonyl (C=O) groups excluding carboxylic acids is 1. The highest BCUT2D eigenvalue weighted by Gasteiger charge is 2.25. The van der Waals surface area contributed by atoms with Crippen molar-refractivity contribution in [3.8, 4) is 5.75 Å². The van der Waals surface area contributed by atoms with Gasteiger partial charge in [0.25, 0.3) is 0 Å². The molecule has 0 aromatic carbocycles. The molecule has 160 valence electrons. The van der Waals surface area contributed by atoms with Crippen LogP contribution >= 0.6 is 0 Å². The number of nitrogens with zero attached hydrogens (tertiary/aromatic N) is 3. The van der Waals surface area contributed by atoms with Crippen LogP contribution in [0.1, 0.15) is 46.5 Å². The summed E-state index contributed by atoms with van der Waals surface area (Å²) >= 11 is 0. The van der Waals surface area contributed by atoms with Gasteiger partial charge in [-0.05, 0) is 45.6 Å². The van der Waals surface area contributed by atoms with Gasteiger partial charge in [0, 0.05) is 19.5 Å². The van der Waals surface area contributed by atoms with Crippen LogP contribution in [0.5, 0.6) is 5.75 Å². The van der Waals surface area contributed by atoms with Crippen molar-refractivity contribution in [1.29, 1.82) is 0 Å². The molecule has 0 unspecified atom stereocenters. The summed E-state index contributed by atoms with van der Waals surface area (Å²) in [5.74, 6) is -0.590. The highest BCUT2D eigenvalue weighted by molar-refractivity contribution is 5.70. The van der Waals surface area contributed by atoms with Crippen molar-refractivity contribution < 1.29 is 28.6 Å². The lowest BCUT2D eigenvalue weighted by atomic mass is 9.97. The zero-order chi connectivity index (χ0) is 21.4. The first-order valence-electron chi connectivity index (χ1n) is 9.60. The fourth-order valence-electron chi connectivity index (χ4n) is 2.86. The second kappa shape index (κ2) is 10.2. The highest BCUT2D eigenvalue weighted by atomic mass is 19.1. The molecule has 2 heterocycles. The van der Waals surface area contributed by atoms with Gasteiger partial charge in [-0.1, -0.05) is 0 Å². The number of carbonyl (C=O) groups is 2. The smallest absolute Gasteiger partial charge is 0.306 e. The molecule has 9 heteroatoms. The predicted molar refractivity (Wildman–Crippen MR) is 104 cm³/mol. The lowest BCUT2D eigenvalue weighted by Crippen LogP contribution is -2.37. The molecule has 1 aromatic rings. The van der Waals surface area contributed by atoms with Crippen LogP contribution in [0.25, 0.3) is 0 Å². The molecule has 29 heavy (non-hydrogen) atoms. The van der Waals surface area contributed by atoms with Crippen LogP contribution in [0.2, 0.25) is 0 Å².